The lowest BCUT2D eigenvalue weighted by atomic mass is 9.97. The highest BCUT2D eigenvalue weighted by atomic mass is 16.5. The van der Waals surface area contributed by atoms with Gasteiger partial charge in [0.25, 0.3) is 0 Å². The van der Waals surface area contributed by atoms with E-state index in [0.29, 0.717) is 24.5 Å². The summed E-state index contributed by atoms with van der Waals surface area (Å²) in [7, 11) is 0. The summed E-state index contributed by atoms with van der Waals surface area (Å²) in [6.07, 6.45) is -1.30. The molecule has 1 aromatic rings. The van der Waals surface area contributed by atoms with Gasteiger partial charge < -0.3 is 19.7 Å². The maximum atomic E-state index is 11.4. The molecule has 0 saturated carbocycles. The number of aliphatic carboxylic acids is 1. The highest BCUT2D eigenvalue weighted by Gasteiger charge is 2.24. The van der Waals surface area contributed by atoms with Crippen molar-refractivity contribution in [3.05, 3.63) is 29.3 Å². The van der Waals surface area contributed by atoms with Gasteiger partial charge in [0.15, 0.2) is 6.10 Å². The molecule has 6 heteroatoms. The van der Waals surface area contributed by atoms with E-state index in [4.69, 9.17) is 14.6 Å². The number of hydrogen-bond donors (Lipinski definition) is 2. The normalized spacial score (nSPS) is 11.8. The van der Waals surface area contributed by atoms with Crippen LogP contribution in [-0.4, -0.2) is 35.4 Å². The van der Waals surface area contributed by atoms with Crippen LogP contribution in [0.4, 0.5) is 0 Å². The number of carboxylic acids is 1. The Hall–Kier alpha value is -2.08. The standard InChI is InChI=1S/C15H20O6/c1-3-20-11-7-5-6-10(8-9-12(16)21-4-2)13(11)14(17)15(18)19/h5-7,14,17H,3-4,8-9H2,1-2H3,(H,18,19). The number of aryl methyl sites for hydroxylation is 1. The molecule has 6 nitrogen and oxygen atoms in total. The number of carboxylic acid groups (broad SMARTS) is 1. The van der Waals surface area contributed by atoms with Crippen LogP contribution in [0.3, 0.4) is 0 Å². The molecule has 0 spiro atoms. The Labute approximate surface area is 123 Å². The zero-order chi connectivity index (χ0) is 15.8. The quantitative estimate of drug-likeness (QED) is 0.709. The molecule has 0 radical (unpaired) electrons. The van der Waals surface area contributed by atoms with Crippen molar-refractivity contribution in [3.63, 3.8) is 0 Å². The second-order valence-electron chi connectivity index (χ2n) is 4.31. The van der Waals surface area contributed by atoms with E-state index < -0.39 is 12.1 Å². The summed E-state index contributed by atoms with van der Waals surface area (Å²) >= 11 is 0. The maximum Gasteiger partial charge on any atom is 0.337 e. The van der Waals surface area contributed by atoms with Crippen LogP contribution in [0.15, 0.2) is 18.2 Å². The molecule has 0 bridgehead atoms. The molecule has 0 fully saturated rings. The molecule has 0 aliphatic carbocycles. The summed E-state index contributed by atoms with van der Waals surface area (Å²) in [6.45, 7) is 4.12. The van der Waals surface area contributed by atoms with Crippen LogP contribution in [0.5, 0.6) is 5.75 Å². The van der Waals surface area contributed by atoms with Crippen molar-refractivity contribution in [1.29, 1.82) is 0 Å². The van der Waals surface area contributed by atoms with Gasteiger partial charge in [0, 0.05) is 12.0 Å². The lowest BCUT2D eigenvalue weighted by Crippen LogP contribution is -2.15. The van der Waals surface area contributed by atoms with E-state index in [0.717, 1.165) is 0 Å². The minimum atomic E-state index is -1.69. The largest absolute Gasteiger partial charge is 0.493 e. The van der Waals surface area contributed by atoms with Crippen molar-refractivity contribution in [2.45, 2.75) is 32.8 Å². The fourth-order valence-corrected chi connectivity index (χ4v) is 1.99. The van der Waals surface area contributed by atoms with Crippen molar-refractivity contribution in [1.82, 2.24) is 0 Å². The molecule has 0 aromatic heterocycles. The molecule has 0 heterocycles. The van der Waals surface area contributed by atoms with E-state index in [1.165, 1.54) is 0 Å². The number of aliphatic hydroxyl groups excluding tert-OH is 1. The minimum absolute atomic E-state index is 0.114. The molecule has 21 heavy (non-hydrogen) atoms. The molecule has 2 N–H and O–H groups in total. The molecule has 1 rings (SSSR count). The van der Waals surface area contributed by atoms with Crippen molar-refractivity contribution < 1.29 is 29.3 Å². The van der Waals surface area contributed by atoms with Crippen LogP contribution < -0.4 is 4.74 Å². The summed E-state index contributed by atoms with van der Waals surface area (Å²) < 4.78 is 10.2. The van der Waals surface area contributed by atoms with E-state index >= 15 is 0 Å². The third-order valence-electron chi connectivity index (χ3n) is 2.87. The van der Waals surface area contributed by atoms with Crippen molar-refractivity contribution in [2.75, 3.05) is 13.2 Å². The van der Waals surface area contributed by atoms with Crippen LogP contribution >= 0.6 is 0 Å². The predicted molar refractivity (Wildman–Crippen MR) is 75.2 cm³/mol. The van der Waals surface area contributed by atoms with Gasteiger partial charge in [0.05, 0.1) is 13.2 Å². The van der Waals surface area contributed by atoms with Crippen molar-refractivity contribution >= 4 is 11.9 Å². The fourth-order valence-electron chi connectivity index (χ4n) is 1.99. The second kappa shape index (κ2) is 8.26. The Morgan fingerprint density at radius 2 is 1.95 bits per heavy atom. The van der Waals surface area contributed by atoms with E-state index in [2.05, 4.69) is 0 Å². The monoisotopic (exact) mass is 296 g/mol. The Morgan fingerprint density at radius 1 is 1.24 bits per heavy atom. The van der Waals surface area contributed by atoms with Crippen LogP contribution in [0.25, 0.3) is 0 Å². The van der Waals surface area contributed by atoms with Gasteiger partial charge in [-0.25, -0.2) is 4.79 Å². The number of rotatable bonds is 8. The van der Waals surface area contributed by atoms with E-state index in [9.17, 15) is 14.7 Å². The van der Waals surface area contributed by atoms with Gasteiger partial charge >= 0.3 is 11.9 Å². The Morgan fingerprint density at radius 3 is 2.52 bits per heavy atom. The van der Waals surface area contributed by atoms with Crippen molar-refractivity contribution in [2.24, 2.45) is 0 Å². The van der Waals surface area contributed by atoms with Crippen molar-refractivity contribution in [3.8, 4) is 5.75 Å². The smallest absolute Gasteiger partial charge is 0.337 e. The third-order valence-corrected chi connectivity index (χ3v) is 2.87. The Bertz CT molecular complexity index is 497. The number of aliphatic hydroxyl groups is 1. The number of hydrogen-bond acceptors (Lipinski definition) is 5. The molecule has 1 unspecified atom stereocenters. The predicted octanol–water partition coefficient (Wildman–Crippen LogP) is 1.70. The summed E-state index contributed by atoms with van der Waals surface area (Å²) in [5.41, 5.74) is 0.750. The first-order valence-electron chi connectivity index (χ1n) is 6.82. The highest BCUT2D eigenvalue weighted by Crippen LogP contribution is 2.30. The molecule has 1 aromatic carbocycles. The van der Waals surface area contributed by atoms with Crippen LogP contribution in [-0.2, 0) is 20.7 Å². The fraction of sp³-hybridized carbons (Fsp3) is 0.467. The number of benzene rings is 1. The SMILES string of the molecule is CCOC(=O)CCc1cccc(OCC)c1C(O)C(=O)O. The lowest BCUT2D eigenvalue weighted by Gasteiger charge is -2.17. The Balaban J connectivity index is 3.03. The van der Waals surface area contributed by atoms with Gasteiger partial charge in [-0.2, -0.15) is 0 Å². The summed E-state index contributed by atoms with van der Waals surface area (Å²) in [4.78, 5) is 22.5. The van der Waals surface area contributed by atoms with Gasteiger partial charge in [-0.1, -0.05) is 12.1 Å². The van der Waals surface area contributed by atoms with Crippen LogP contribution in [0, 0.1) is 0 Å². The van der Waals surface area contributed by atoms with Gasteiger partial charge in [0.2, 0.25) is 0 Å². The molecule has 116 valence electrons. The molecule has 0 aliphatic heterocycles. The zero-order valence-electron chi connectivity index (χ0n) is 12.2. The minimum Gasteiger partial charge on any atom is -0.493 e. The summed E-state index contributed by atoms with van der Waals surface area (Å²) in [5, 5.41) is 18.9. The number of carbonyl (C=O) groups excluding carboxylic acids is 1. The third kappa shape index (κ3) is 4.75. The topological polar surface area (TPSA) is 93.1 Å². The average Bonchev–Trinajstić information content (AvgIpc) is 2.45. The van der Waals surface area contributed by atoms with Gasteiger partial charge in [0.1, 0.15) is 5.75 Å². The highest BCUT2D eigenvalue weighted by molar-refractivity contribution is 5.76. The first kappa shape index (κ1) is 17.0. The van der Waals surface area contributed by atoms with Crippen LogP contribution in [0.2, 0.25) is 0 Å². The second-order valence-corrected chi connectivity index (χ2v) is 4.31. The number of ether oxygens (including phenoxy) is 2. The summed E-state index contributed by atoms with van der Waals surface area (Å²) in [5.74, 6) is -1.41. The van der Waals surface area contributed by atoms with Gasteiger partial charge in [-0.15, -0.1) is 0 Å². The first-order chi connectivity index (χ1) is 10.0. The maximum absolute atomic E-state index is 11.4. The number of carbonyl (C=O) groups is 2. The molecule has 1 atom stereocenters. The molecular weight excluding hydrogens is 276 g/mol. The zero-order valence-corrected chi connectivity index (χ0v) is 12.2. The van der Waals surface area contributed by atoms with Crippen LogP contribution in [0.1, 0.15) is 37.5 Å². The molecular formula is C15H20O6. The van der Waals surface area contributed by atoms with Gasteiger partial charge in [-0.05, 0) is 31.9 Å². The Kier molecular flexibility index (Phi) is 6.68. The van der Waals surface area contributed by atoms with Gasteiger partial charge in [-0.3, -0.25) is 4.79 Å². The first-order valence-corrected chi connectivity index (χ1v) is 6.82. The lowest BCUT2D eigenvalue weighted by molar-refractivity contribution is -0.147. The molecule has 0 amide bonds. The molecule has 0 saturated heterocycles. The van der Waals surface area contributed by atoms with E-state index in [-0.39, 0.29) is 24.4 Å². The summed E-state index contributed by atoms with van der Waals surface area (Å²) in [6, 6.07) is 4.96. The van der Waals surface area contributed by atoms with E-state index in [1.54, 1.807) is 32.0 Å². The molecule has 0 aliphatic rings. The average molecular weight is 296 g/mol. The van der Waals surface area contributed by atoms with E-state index in [1.807, 2.05) is 0 Å². The number of esters is 1.